The number of carbonyl (C=O) groups excluding carboxylic acids is 2. The highest BCUT2D eigenvalue weighted by atomic mass is 16.7. The van der Waals surface area contributed by atoms with E-state index < -0.39 is 93.6 Å². The summed E-state index contributed by atoms with van der Waals surface area (Å²) in [6.45, 7) is 14.2. The van der Waals surface area contributed by atoms with Gasteiger partial charge in [-0.25, -0.2) is 0 Å². The zero-order valence-corrected chi connectivity index (χ0v) is 30.0. The molecule has 12 nitrogen and oxygen atoms in total. The van der Waals surface area contributed by atoms with Crippen LogP contribution in [-0.4, -0.2) is 109 Å². The fourth-order valence-electron chi connectivity index (χ4n) is 12.7. The van der Waals surface area contributed by atoms with Crippen LogP contribution in [0.2, 0.25) is 0 Å². The molecule has 2 spiro atoms. The van der Waals surface area contributed by atoms with Gasteiger partial charge in [-0.1, -0.05) is 39.3 Å². The van der Waals surface area contributed by atoms with Crippen molar-refractivity contribution in [3.8, 4) is 0 Å². The van der Waals surface area contributed by atoms with E-state index in [2.05, 4.69) is 19.9 Å². The summed E-state index contributed by atoms with van der Waals surface area (Å²) < 4.78 is 24.5. The van der Waals surface area contributed by atoms with Crippen LogP contribution in [-0.2, 0) is 28.5 Å². The fraction of sp³-hybridized carbons (Fsp3) is 0.892. The van der Waals surface area contributed by atoms with E-state index in [1.807, 2.05) is 20.8 Å². The number of Topliss-reactive ketones (excluding diaryl/α,β-unsaturated/α-hetero) is 1. The van der Waals surface area contributed by atoms with E-state index in [0.717, 1.165) is 18.4 Å². The van der Waals surface area contributed by atoms with Crippen molar-refractivity contribution in [2.45, 2.75) is 154 Å². The molecule has 12 heteroatoms. The second-order valence-corrected chi connectivity index (χ2v) is 18.2. The van der Waals surface area contributed by atoms with Gasteiger partial charge in [-0.2, -0.15) is 0 Å². The normalized spacial score (nSPS) is 53.6. The number of hydrogen-bond donors (Lipinski definition) is 6. The molecule has 0 amide bonds. The maximum atomic E-state index is 15.1. The molecule has 0 bridgehead atoms. The fourth-order valence-corrected chi connectivity index (χ4v) is 12.7. The number of rotatable bonds is 5. The first kappa shape index (κ1) is 35.9. The predicted octanol–water partition coefficient (Wildman–Crippen LogP) is 1.75. The van der Waals surface area contributed by atoms with Gasteiger partial charge >= 0.3 is 5.97 Å². The van der Waals surface area contributed by atoms with Gasteiger partial charge in [0.2, 0.25) is 11.6 Å². The lowest BCUT2D eigenvalue weighted by molar-refractivity contribution is -0.307. The van der Waals surface area contributed by atoms with Crippen molar-refractivity contribution < 1.29 is 59.2 Å². The van der Waals surface area contributed by atoms with Crippen molar-refractivity contribution in [2.75, 3.05) is 6.61 Å². The molecule has 0 unspecified atom stereocenters. The van der Waals surface area contributed by atoms with Crippen LogP contribution in [0, 0.1) is 44.8 Å². The molecule has 7 rings (SSSR count). The van der Waals surface area contributed by atoms with Gasteiger partial charge in [0.25, 0.3) is 0 Å². The number of hydrogen-bond acceptors (Lipinski definition) is 12. The zero-order valence-electron chi connectivity index (χ0n) is 30.0. The zero-order chi connectivity index (χ0) is 36.1. The highest BCUT2D eigenvalue weighted by Gasteiger charge is 2.88. The second-order valence-electron chi connectivity index (χ2n) is 18.2. The molecular formula is C37H56O12. The predicted molar refractivity (Wildman–Crippen MR) is 172 cm³/mol. The van der Waals surface area contributed by atoms with Gasteiger partial charge in [0.05, 0.1) is 29.8 Å². The molecule has 0 aromatic rings. The Morgan fingerprint density at radius 3 is 2.41 bits per heavy atom. The van der Waals surface area contributed by atoms with Gasteiger partial charge in [0.15, 0.2) is 6.29 Å². The minimum absolute atomic E-state index is 0.105. The Labute approximate surface area is 288 Å². The number of allylic oxidation sites excluding steroid dienone is 2. The summed E-state index contributed by atoms with van der Waals surface area (Å²) in [4.78, 5) is 27.9. The van der Waals surface area contributed by atoms with Crippen LogP contribution in [0.15, 0.2) is 11.6 Å². The molecule has 2 heterocycles. The molecule has 6 N–H and O–H groups in total. The Hall–Kier alpha value is -1.48. The molecule has 0 radical (unpaired) electrons. The van der Waals surface area contributed by atoms with Gasteiger partial charge in [-0.05, 0) is 82.0 Å². The van der Waals surface area contributed by atoms with E-state index in [1.54, 1.807) is 0 Å². The number of ketones is 1. The lowest BCUT2D eigenvalue weighted by Crippen LogP contribution is -2.62. The smallest absolute Gasteiger partial charge is 0.302 e. The molecule has 49 heavy (non-hydrogen) atoms. The third kappa shape index (κ3) is 4.41. The van der Waals surface area contributed by atoms with Crippen LogP contribution in [0.25, 0.3) is 0 Å². The third-order valence-electron chi connectivity index (χ3n) is 15.1. The molecule has 0 aromatic carbocycles. The molecule has 2 saturated heterocycles. The highest BCUT2D eigenvalue weighted by molar-refractivity contribution is 5.99. The van der Waals surface area contributed by atoms with E-state index in [4.69, 9.17) is 18.9 Å². The quantitative estimate of drug-likeness (QED) is 0.181. The Kier molecular flexibility index (Phi) is 7.91. The summed E-state index contributed by atoms with van der Waals surface area (Å²) >= 11 is 0. The number of aliphatic hydroxyl groups excluding tert-OH is 4. The van der Waals surface area contributed by atoms with Crippen LogP contribution >= 0.6 is 0 Å². The topological polar surface area (TPSA) is 192 Å². The van der Waals surface area contributed by atoms with Crippen molar-refractivity contribution in [1.29, 1.82) is 0 Å². The molecule has 2 aliphatic heterocycles. The van der Waals surface area contributed by atoms with Crippen molar-refractivity contribution >= 4 is 11.8 Å². The van der Waals surface area contributed by atoms with Gasteiger partial charge in [0, 0.05) is 23.7 Å². The van der Waals surface area contributed by atoms with Gasteiger partial charge in [-0.15, -0.1) is 0 Å². The summed E-state index contributed by atoms with van der Waals surface area (Å²) in [5.74, 6) is -4.18. The SMILES string of the molecule is CC(=O)O[C@@H]1C[C@]23C[C@]24CC[C@H](O[C@H]2OC[C@H](O)[C@@H](O)[C@@H]2O)C(C)(C)[C@@H]4CC=C3[C@]2(C)C(=O)[C@]3(O)O[C@H]([C@H](O)C(C)(C)O)C[C@@H](C)[C@@H]3[C@@]12C. The van der Waals surface area contributed by atoms with Crippen LogP contribution in [0.5, 0.6) is 0 Å². The van der Waals surface area contributed by atoms with Crippen LogP contribution in [0.3, 0.4) is 0 Å². The van der Waals surface area contributed by atoms with E-state index in [0.29, 0.717) is 25.7 Å². The summed E-state index contributed by atoms with van der Waals surface area (Å²) in [6, 6.07) is 0. The van der Waals surface area contributed by atoms with Crippen LogP contribution in [0.1, 0.15) is 93.9 Å². The molecular weight excluding hydrogens is 636 g/mol. The van der Waals surface area contributed by atoms with Gasteiger partial charge in [-0.3, -0.25) is 9.59 Å². The standard InChI is InChI=1S/C37H56O12/c1-17-13-20(28(42)32(5,6)44)49-37(45)27(17)34(8)24(47-18(2)38)14-36-16-35(36)12-11-23(48-29-26(41)25(40)19(39)15-46-29)31(3,4)21(35)9-10-22(36)33(34,7)30(37)43/h10,17,19-21,23-29,39-42,44-45H,9,11-16H2,1-8H3/t17-,19+,20+,21+,23+,24-,25-,26+,27-,28+,29-,33-,34-,35+,36-,37-/m1/s1. The molecule has 5 aliphatic carbocycles. The minimum Gasteiger partial charge on any atom is -0.462 e. The summed E-state index contributed by atoms with van der Waals surface area (Å²) in [6.07, 6.45) is -2.60. The lowest BCUT2D eigenvalue weighted by atomic mass is 9.44. The third-order valence-corrected chi connectivity index (χ3v) is 15.1. The summed E-state index contributed by atoms with van der Waals surface area (Å²) in [5.41, 5.74) is -3.95. The average molecular weight is 693 g/mol. The van der Waals surface area contributed by atoms with Crippen molar-refractivity contribution in [3.05, 3.63) is 11.6 Å². The lowest BCUT2D eigenvalue weighted by Gasteiger charge is -2.61. The van der Waals surface area contributed by atoms with E-state index in [-0.39, 0.29) is 30.0 Å². The maximum absolute atomic E-state index is 15.1. The van der Waals surface area contributed by atoms with E-state index >= 15 is 4.79 Å². The molecule has 4 saturated carbocycles. The van der Waals surface area contributed by atoms with E-state index in [9.17, 15) is 35.4 Å². The molecule has 16 atom stereocenters. The molecule has 276 valence electrons. The maximum Gasteiger partial charge on any atom is 0.302 e. The molecule has 0 aromatic heterocycles. The Balaban J connectivity index is 1.27. The van der Waals surface area contributed by atoms with Crippen LogP contribution in [0.4, 0.5) is 0 Å². The Morgan fingerprint density at radius 2 is 1.78 bits per heavy atom. The summed E-state index contributed by atoms with van der Waals surface area (Å²) in [7, 11) is 0. The number of ether oxygens (including phenoxy) is 4. The van der Waals surface area contributed by atoms with Crippen molar-refractivity contribution in [1.82, 2.24) is 0 Å². The monoisotopic (exact) mass is 692 g/mol. The Morgan fingerprint density at radius 1 is 1.10 bits per heavy atom. The number of aliphatic hydroxyl groups is 6. The molecule has 7 aliphatic rings. The number of carbonyl (C=O) groups is 2. The molecule has 6 fully saturated rings. The average Bonchev–Trinajstić information content (AvgIpc) is 3.63. The number of fused-ring (bicyclic) bond motifs is 4. The van der Waals surface area contributed by atoms with Gasteiger partial charge in [0.1, 0.15) is 30.5 Å². The Bertz CT molecular complexity index is 1440. The largest absolute Gasteiger partial charge is 0.462 e. The first-order chi connectivity index (χ1) is 22.5. The van der Waals surface area contributed by atoms with Crippen molar-refractivity contribution in [2.24, 2.45) is 44.8 Å². The minimum atomic E-state index is -2.27. The van der Waals surface area contributed by atoms with E-state index in [1.165, 1.54) is 20.8 Å². The second kappa shape index (κ2) is 10.8. The first-order valence-corrected chi connectivity index (χ1v) is 18.1. The van der Waals surface area contributed by atoms with Crippen molar-refractivity contribution in [3.63, 3.8) is 0 Å². The number of esters is 1. The van der Waals surface area contributed by atoms with Crippen LogP contribution < -0.4 is 0 Å². The van der Waals surface area contributed by atoms with Gasteiger partial charge < -0.3 is 49.6 Å². The highest BCUT2D eigenvalue weighted by Crippen LogP contribution is 2.88. The summed E-state index contributed by atoms with van der Waals surface area (Å²) in [5, 5.41) is 65.0. The first-order valence-electron chi connectivity index (χ1n) is 18.1.